The van der Waals surface area contributed by atoms with Gasteiger partial charge in [0.1, 0.15) is 0 Å². The molecule has 76 valence electrons. The third kappa shape index (κ3) is 2.96. The highest BCUT2D eigenvalue weighted by Gasteiger charge is 2.15. The average molecular weight is 184 g/mol. The minimum Gasteiger partial charge on any atom is -0.290 e. The smallest absolute Gasteiger partial charge is 0.0506 e. The molecule has 0 aromatic heterocycles. The van der Waals surface area contributed by atoms with Crippen LogP contribution in [0.2, 0.25) is 0 Å². The van der Waals surface area contributed by atoms with Crippen LogP contribution >= 0.6 is 0 Å². The fourth-order valence-electron chi connectivity index (χ4n) is 2.48. The molecule has 0 spiro atoms. The predicted molar refractivity (Wildman–Crippen MR) is 55.7 cm³/mol. The van der Waals surface area contributed by atoms with Crippen molar-refractivity contribution in [2.75, 3.05) is 32.8 Å². The van der Waals surface area contributed by atoms with Crippen LogP contribution in [-0.2, 0) is 0 Å². The Balaban J connectivity index is 1.69. The summed E-state index contributed by atoms with van der Waals surface area (Å²) in [7, 11) is 0. The molecule has 0 saturated carbocycles. The van der Waals surface area contributed by atoms with E-state index in [1.54, 1.807) is 0 Å². The normalized spacial score (nSPS) is 27.7. The SMILES string of the molecule is C1CCN(CN2CCCC[14CH2]2)CC1. The van der Waals surface area contributed by atoms with Crippen molar-refractivity contribution in [3.63, 3.8) is 0 Å². The number of hydrogen-bond acceptors (Lipinski definition) is 2. The van der Waals surface area contributed by atoms with Crippen molar-refractivity contribution in [2.45, 2.75) is 38.5 Å². The van der Waals surface area contributed by atoms with Crippen LogP contribution in [0.15, 0.2) is 0 Å². The first-order valence-corrected chi connectivity index (χ1v) is 5.90. The van der Waals surface area contributed by atoms with E-state index in [1.165, 1.54) is 71.4 Å². The van der Waals surface area contributed by atoms with Gasteiger partial charge in [0.05, 0.1) is 6.67 Å². The van der Waals surface area contributed by atoms with Crippen molar-refractivity contribution in [1.29, 1.82) is 0 Å². The van der Waals surface area contributed by atoms with Gasteiger partial charge in [0, 0.05) is 0 Å². The molecule has 2 heterocycles. The van der Waals surface area contributed by atoms with Crippen LogP contribution in [0.5, 0.6) is 0 Å². The van der Waals surface area contributed by atoms with Gasteiger partial charge in [-0.1, -0.05) is 12.8 Å². The lowest BCUT2D eigenvalue weighted by molar-refractivity contribution is 0.0979. The van der Waals surface area contributed by atoms with Gasteiger partial charge in [-0.15, -0.1) is 0 Å². The molecule has 0 bridgehead atoms. The summed E-state index contributed by atoms with van der Waals surface area (Å²) in [5.74, 6) is 0. The number of nitrogens with zero attached hydrogens (tertiary/aromatic N) is 2. The molecular formula is C11H22N2. The Morgan fingerprint density at radius 3 is 2.31 bits per heavy atom. The fraction of sp³-hybridized carbons (Fsp3) is 1.00. The van der Waals surface area contributed by atoms with Crippen molar-refractivity contribution in [3.8, 4) is 0 Å². The van der Waals surface area contributed by atoms with E-state index in [4.69, 9.17) is 0 Å². The molecule has 0 atom stereocenters. The quantitative estimate of drug-likeness (QED) is 0.647. The molecule has 2 rings (SSSR count). The zero-order valence-electron chi connectivity index (χ0n) is 8.67. The van der Waals surface area contributed by atoms with Gasteiger partial charge >= 0.3 is 0 Å². The predicted octanol–water partition coefficient (Wildman–Crippen LogP) is 1.92. The number of hydrogen-bond donors (Lipinski definition) is 0. The summed E-state index contributed by atoms with van der Waals surface area (Å²) in [5, 5.41) is 0. The van der Waals surface area contributed by atoms with E-state index < -0.39 is 0 Å². The summed E-state index contributed by atoms with van der Waals surface area (Å²) in [6, 6.07) is 0. The van der Waals surface area contributed by atoms with Crippen LogP contribution in [0.1, 0.15) is 38.5 Å². The lowest BCUT2D eigenvalue weighted by Gasteiger charge is -2.34. The molecule has 0 aromatic carbocycles. The van der Waals surface area contributed by atoms with E-state index in [-0.39, 0.29) is 0 Å². The van der Waals surface area contributed by atoms with Gasteiger partial charge < -0.3 is 0 Å². The molecule has 2 saturated heterocycles. The first-order valence-electron chi connectivity index (χ1n) is 5.90. The second kappa shape index (κ2) is 4.97. The van der Waals surface area contributed by atoms with Gasteiger partial charge in [-0.05, 0) is 51.9 Å². The third-order valence-electron chi connectivity index (χ3n) is 3.30. The van der Waals surface area contributed by atoms with E-state index >= 15 is 0 Å². The highest BCUT2D eigenvalue weighted by Crippen LogP contribution is 2.12. The molecule has 0 aliphatic carbocycles. The zero-order chi connectivity index (χ0) is 8.93. The number of piperidine rings is 2. The summed E-state index contributed by atoms with van der Waals surface area (Å²) in [4.78, 5) is 5.27. The largest absolute Gasteiger partial charge is 0.290 e. The zero-order valence-corrected chi connectivity index (χ0v) is 8.67. The summed E-state index contributed by atoms with van der Waals surface area (Å²) in [6.45, 7) is 6.62. The first kappa shape index (κ1) is 9.47. The topological polar surface area (TPSA) is 6.48 Å². The summed E-state index contributed by atoms with van der Waals surface area (Å²) >= 11 is 0. The van der Waals surface area contributed by atoms with Crippen molar-refractivity contribution in [1.82, 2.24) is 9.80 Å². The van der Waals surface area contributed by atoms with Crippen LogP contribution < -0.4 is 0 Å². The minimum absolute atomic E-state index is 1.25. The Labute approximate surface area is 81.9 Å². The molecule has 0 aromatic rings. The van der Waals surface area contributed by atoms with E-state index in [0.717, 1.165) is 0 Å². The van der Waals surface area contributed by atoms with Gasteiger partial charge in [-0.3, -0.25) is 9.80 Å². The molecule has 2 aliphatic heterocycles. The van der Waals surface area contributed by atoms with Crippen LogP contribution in [-0.4, -0.2) is 42.6 Å². The lowest BCUT2D eigenvalue weighted by Crippen LogP contribution is -2.42. The van der Waals surface area contributed by atoms with Crippen molar-refractivity contribution in [3.05, 3.63) is 0 Å². The van der Waals surface area contributed by atoms with Crippen molar-refractivity contribution in [2.24, 2.45) is 0 Å². The second-order valence-corrected chi connectivity index (χ2v) is 4.50. The maximum atomic E-state index is 2.63. The Morgan fingerprint density at radius 2 is 1.62 bits per heavy atom. The molecule has 2 nitrogen and oxygen atoms in total. The second-order valence-electron chi connectivity index (χ2n) is 4.50. The van der Waals surface area contributed by atoms with Gasteiger partial charge in [0.2, 0.25) is 0 Å². The molecular weight excluding hydrogens is 162 g/mol. The highest BCUT2D eigenvalue weighted by molar-refractivity contribution is 4.68. The van der Waals surface area contributed by atoms with Crippen molar-refractivity contribution >= 4 is 0 Å². The molecule has 0 amide bonds. The molecule has 0 N–H and O–H groups in total. The van der Waals surface area contributed by atoms with E-state index in [9.17, 15) is 0 Å². The summed E-state index contributed by atoms with van der Waals surface area (Å²) < 4.78 is 0. The fourth-order valence-corrected chi connectivity index (χ4v) is 2.48. The monoisotopic (exact) mass is 184 g/mol. The van der Waals surface area contributed by atoms with E-state index in [2.05, 4.69) is 9.80 Å². The molecule has 2 aliphatic rings. The Bertz CT molecular complexity index is 119. The van der Waals surface area contributed by atoms with E-state index in [1.807, 2.05) is 0 Å². The standard InChI is InChI=1S/C11H22N2/c1-3-7-12(8-4-1)11-13-9-5-2-6-10-13/h1-11H2/i7+2. The lowest BCUT2D eigenvalue weighted by atomic mass is 10.1. The number of likely N-dealkylation sites (tertiary alicyclic amines) is 2. The number of rotatable bonds is 2. The summed E-state index contributed by atoms with van der Waals surface area (Å²) in [5.41, 5.74) is 0. The van der Waals surface area contributed by atoms with Crippen LogP contribution in [0.4, 0.5) is 0 Å². The maximum Gasteiger partial charge on any atom is 0.0506 e. The molecule has 2 heteroatoms. The van der Waals surface area contributed by atoms with Gasteiger partial charge in [0.25, 0.3) is 0 Å². The molecule has 0 unspecified atom stereocenters. The Kier molecular flexibility index (Phi) is 3.62. The van der Waals surface area contributed by atoms with E-state index in [0.29, 0.717) is 0 Å². The maximum absolute atomic E-state index is 2.63. The van der Waals surface area contributed by atoms with Crippen molar-refractivity contribution < 1.29 is 0 Å². The van der Waals surface area contributed by atoms with Crippen LogP contribution in [0, 0.1) is 0 Å². The highest BCUT2D eigenvalue weighted by atomic mass is 15.6. The van der Waals surface area contributed by atoms with Gasteiger partial charge in [-0.2, -0.15) is 0 Å². The molecule has 2 fully saturated rings. The average Bonchev–Trinajstić information content (AvgIpc) is 2.21. The Hall–Kier alpha value is -0.0800. The summed E-state index contributed by atoms with van der Waals surface area (Å²) in [6.07, 6.45) is 8.61. The molecule has 0 radical (unpaired) electrons. The van der Waals surface area contributed by atoms with Crippen LogP contribution in [0.3, 0.4) is 0 Å². The minimum atomic E-state index is 1.25. The van der Waals surface area contributed by atoms with Gasteiger partial charge in [0.15, 0.2) is 0 Å². The van der Waals surface area contributed by atoms with Gasteiger partial charge in [-0.25, -0.2) is 0 Å². The molecule has 13 heavy (non-hydrogen) atoms. The Morgan fingerprint density at radius 1 is 0.846 bits per heavy atom. The van der Waals surface area contributed by atoms with Crippen LogP contribution in [0.25, 0.3) is 0 Å². The first-order chi connectivity index (χ1) is 6.45. The third-order valence-corrected chi connectivity index (χ3v) is 3.30.